The molecule has 0 saturated heterocycles. The van der Waals surface area contributed by atoms with Gasteiger partial charge in [0.25, 0.3) is 0 Å². The molecule has 0 heterocycles. The van der Waals surface area contributed by atoms with Crippen molar-refractivity contribution in [3.8, 4) is 11.5 Å². The zero-order valence-corrected chi connectivity index (χ0v) is 12.2. The molecule has 0 radical (unpaired) electrons. The lowest BCUT2D eigenvalue weighted by atomic mass is 9.77. The molecule has 0 aromatic heterocycles. The van der Waals surface area contributed by atoms with E-state index in [1.165, 1.54) is 24.8 Å². The lowest BCUT2D eigenvalue weighted by molar-refractivity contribution is 0.226. The maximum atomic E-state index is 5.53. The summed E-state index contributed by atoms with van der Waals surface area (Å²) in [6.45, 7) is 3.25. The number of rotatable bonds is 7. The zero-order chi connectivity index (χ0) is 13.7. The van der Waals surface area contributed by atoms with Crippen molar-refractivity contribution in [3.63, 3.8) is 0 Å². The summed E-state index contributed by atoms with van der Waals surface area (Å²) in [5, 5.41) is 3.68. The molecular formula is C16H25NO2. The van der Waals surface area contributed by atoms with Crippen molar-refractivity contribution in [2.45, 2.75) is 38.6 Å². The molecule has 0 bridgehead atoms. The Morgan fingerprint density at radius 3 is 2.58 bits per heavy atom. The van der Waals surface area contributed by atoms with Crippen LogP contribution in [0.1, 0.15) is 44.2 Å². The van der Waals surface area contributed by atoms with Crippen LogP contribution in [0.5, 0.6) is 11.5 Å². The Labute approximate surface area is 116 Å². The maximum Gasteiger partial charge on any atom is 0.123 e. The minimum Gasteiger partial charge on any atom is -0.497 e. The van der Waals surface area contributed by atoms with Crippen LogP contribution in [0.4, 0.5) is 0 Å². The first kappa shape index (κ1) is 14.2. The predicted molar refractivity (Wildman–Crippen MR) is 77.9 cm³/mol. The van der Waals surface area contributed by atoms with E-state index in [0.29, 0.717) is 6.04 Å². The minimum absolute atomic E-state index is 0.388. The second kappa shape index (κ2) is 6.80. The standard InChI is InChI=1S/C16H25NO2/c1-4-10-17-16(12-6-5-7-12)14-11-13(18-2)8-9-15(14)19-3/h8-9,11-12,16-17H,4-7,10H2,1-3H3. The number of ether oxygens (including phenoxy) is 2. The van der Waals surface area contributed by atoms with Gasteiger partial charge in [0.15, 0.2) is 0 Å². The van der Waals surface area contributed by atoms with E-state index in [9.17, 15) is 0 Å². The minimum atomic E-state index is 0.388. The van der Waals surface area contributed by atoms with E-state index in [2.05, 4.69) is 18.3 Å². The fourth-order valence-corrected chi connectivity index (χ4v) is 2.69. The third kappa shape index (κ3) is 3.21. The lowest BCUT2D eigenvalue weighted by Crippen LogP contribution is -2.33. The van der Waals surface area contributed by atoms with Crippen LogP contribution in [0.25, 0.3) is 0 Å². The number of nitrogens with one attached hydrogen (secondary N) is 1. The Kier molecular flexibility index (Phi) is 5.08. The monoisotopic (exact) mass is 263 g/mol. The molecule has 106 valence electrons. The molecule has 1 aromatic rings. The molecule has 3 nitrogen and oxygen atoms in total. The Hall–Kier alpha value is -1.22. The number of benzene rings is 1. The molecule has 1 atom stereocenters. The van der Waals surface area contributed by atoms with Gasteiger partial charge in [-0.25, -0.2) is 0 Å². The first-order valence-corrected chi connectivity index (χ1v) is 7.25. The van der Waals surface area contributed by atoms with Gasteiger partial charge in [-0.15, -0.1) is 0 Å². The normalized spacial score (nSPS) is 16.8. The summed E-state index contributed by atoms with van der Waals surface area (Å²) in [5.74, 6) is 2.59. The van der Waals surface area contributed by atoms with E-state index in [1.807, 2.05) is 12.1 Å². The van der Waals surface area contributed by atoms with Crippen LogP contribution in [-0.2, 0) is 0 Å². The quantitative estimate of drug-likeness (QED) is 0.816. The molecule has 1 aromatic carbocycles. The molecule has 0 aliphatic heterocycles. The number of methoxy groups -OCH3 is 2. The van der Waals surface area contributed by atoms with Crippen LogP contribution < -0.4 is 14.8 Å². The zero-order valence-electron chi connectivity index (χ0n) is 12.2. The van der Waals surface area contributed by atoms with Gasteiger partial charge in [-0.1, -0.05) is 13.3 Å². The fourth-order valence-electron chi connectivity index (χ4n) is 2.69. The third-order valence-corrected chi connectivity index (χ3v) is 4.01. The second-order valence-electron chi connectivity index (χ2n) is 5.23. The smallest absolute Gasteiger partial charge is 0.123 e. The topological polar surface area (TPSA) is 30.5 Å². The highest BCUT2D eigenvalue weighted by Crippen LogP contribution is 2.41. The third-order valence-electron chi connectivity index (χ3n) is 4.01. The molecule has 1 saturated carbocycles. The Morgan fingerprint density at radius 2 is 2.05 bits per heavy atom. The first-order valence-electron chi connectivity index (χ1n) is 7.25. The summed E-state index contributed by atoms with van der Waals surface area (Å²) >= 11 is 0. The average Bonchev–Trinajstić information content (AvgIpc) is 2.40. The molecule has 1 fully saturated rings. The van der Waals surface area contributed by atoms with Crippen LogP contribution in [0.3, 0.4) is 0 Å². The van der Waals surface area contributed by atoms with E-state index < -0.39 is 0 Å². The summed E-state index contributed by atoms with van der Waals surface area (Å²) < 4.78 is 10.9. The summed E-state index contributed by atoms with van der Waals surface area (Å²) in [7, 11) is 3.45. The van der Waals surface area contributed by atoms with Crippen molar-refractivity contribution in [3.05, 3.63) is 23.8 Å². The van der Waals surface area contributed by atoms with Crippen molar-refractivity contribution in [2.24, 2.45) is 5.92 Å². The molecule has 0 amide bonds. The lowest BCUT2D eigenvalue weighted by Gasteiger charge is -2.35. The molecule has 1 aliphatic rings. The molecule has 3 heteroatoms. The molecule has 0 spiro atoms. The highest BCUT2D eigenvalue weighted by atomic mass is 16.5. The predicted octanol–water partition coefficient (Wildman–Crippen LogP) is 3.54. The van der Waals surface area contributed by atoms with Crippen molar-refractivity contribution in [2.75, 3.05) is 20.8 Å². The molecule has 19 heavy (non-hydrogen) atoms. The van der Waals surface area contributed by atoms with Crippen LogP contribution in [0, 0.1) is 5.92 Å². The van der Waals surface area contributed by atoms with Gasteiger partial charge in [0.1, 0.15) is 11.5 Å². The van der Waals surface area contributed by atoms with Gasteiger partial charge in [-0.3, -0.25) is 0 Å². The van der Waals surface area contributed by atoms with E-state index in [-0.39, 0.29) is 0 Å². The van der Waals surface area contributed by atoms with Crippen molar-refractivity contribution in [1.82, 2.24) is 5.32 Å². The summed E-state index contributed by atoms with van der Waals surface area (Å²) in [6, 6.07) is 6.47. The van der Waals surface area contributed by atoms with Crippen molar-refractivity contribution in [1.29, 1.82) is 0 Å². The summed E-state index contributed by atoms with van der Waals surface area (Å²) in [4.78, 5) is 0. The van der Waals surface area contributed by atoms with Gasteiger partial charge < -0.3 is 14.8 Å². The highest BCUT2D eigenvalue weighted by molar-refractivity contribution is 5.42. The SMILES string of the molecule is CCCNC(c1cc(OC)ccc1OC)C1CCC1. The second-order valence-corrected chi connectivity index (χ2v) is 5.23. The van der Waals surface area contributed by atoms with E-state index >= 15 is 0 Å². The van der Waals surface area contributed by atoms with Crippen LogP contribution in [-0.4, -0.2) is 20.8 Å². The maximum absolute atomic E-state index is 5.53. The van der Waals surface area contributed by atoms with Gasteiger partial charge in [0.2, 0.25) is 0 Å². The molecule has 1 N–H and O–H groups in total. The van der Waals surface area contributed by atoms with Crippen molar-refractivity contribution < 1.29 is 9.47 Å². The van der Waals surface area contributed by atoms with E-state index in [4.69, 9.17) is 9.47 Å². The largest absolute Gasteiger partial charge is 0.497 e. The summed E-state index contributed by atoms with van der Waals surface area (Å²) in [6.07, 6.45) is 5.11. The molecular weight excluding hydrogens is 238 g/mol. The summed E-state index contributed by atoms with van der Waals surface area (Å²) in [5.41, 5.74) is 1.24. The Balaban J connectivity index is 2.26. The number of hydrogen-bond donors (Lipinski definition) is 1. The molecule has 1 aliphatic carbocycles. The van der Waals surface area contributed by atoms with Crippen LogP contribution in [0.15, 0.2) is 18.2 Å². The van der Waals surface area contributed by atoms with Crippen LogP contribution >= 0.6 is 0 Å². The van der Waals surface area contributed by atoms with Crippen LogP contribution in [0.2, 0.25) is 0 Å². The van der Waals surface area contributed by atoms with Gasteiger partial charge >= 0.3 is 0 Å². The fraction of sp³-hybridized carbons (Fsp3) is 0.625. The van der Waals surface area contributed by atoms with E-state index in [0.717, 1.165) is 30.4 Å². The molecule has 1 unspecified atom stereocenters. The van der Waals surface area contributed by atoms with Gasteiger partial charge in [-0.2, -0.15) is 0 Å². The first-order chi connectivity index (χ1) is 9.30. The van der Waals surface area contributed by atoms with Crippen molar-refractivity contribution >= 4 is 0 Å². The average molecular weight is 263 g/mol. The van der Waals surface area contributed by atoms with E-state index in [1.54, 1.807) is 14.2 Å². The Bertz CT molecular complexity index is 402. The van der Waals surface area contributed by atoms with Gasteiger partial charge in [-0.05, 0) is 49.9 Å². The Morgan fingerprint density at radius 1 is 1.26 bits per heavy atom. The molecule has 2 rings (SSSR count). The number of hydrogen-bond acceptors (Lipinski definition) is 3. The van der Waals surface area contributed by atoms with Gasteiger partial charge in [0.05, 0.1) is 14.2 Å². The van der Waals surface area contributed by atoms with Gasteiger partial charge in [0, 0.05) is 11.6 Å². The highest BCUT2D eigenvalue weighted by Gasteiger charge is 2.30.